The number of nitrogens with one attached hydrogen (secondary N) is 1. The van der Waals surface area contributed by atoms with Gasteiger partial charge in [0.05, 0.1) is 43.7 Å². The van der Waals surface area contributed by atoms with Crippen molar-refractivity contribution < 1.29 is 14.2 Å². The van der Waals surface area contributed by atoms with E-state index in [1.165, 1.54) is 0 Å². The number of nitrogens with zero attached hydrogens (tertiary/aromatic N) is 4. The minimum atomic E-state index is -0.0463. The van der Waals surface area contributed by atoms with Crippen LogP contribution in [0.5, 0.6) is 0 Å². The molecule has 2 fully saturated rings. The molecule has 136 valence electrons. The highest BCUT2D eigenvalue weighted by Gasteiger charge is 2.48. The summed E-state index contributed by atoms with van der Waals surface area (Å²) in [5, 5.41) is 20.8. The minimum absolute atomic E-state index is 0.0192. The Balaban J connectivity index is 1.37. The van der Waals surface area contributed by atoms with Crippen LogP contribution in [-0.2, 0) is 27.4 Å². The third kappa shape index (κ3) is 3.34. The van der Waals surface area contributed by atoms with Crippen molar-refractivity contribution in [1.82, 2.24) is 20.3 Å². The van der Waals surface area contributed by atoms with Crippen molar-refractivity contribution in [3.63, 3.8) is 0 Å². The molecule has 1 N–H and O–H groups in total. The highest BCUT2D eigenvalue weighted by atomic mass is 16.6. The van der Waals surface area contributed by atoms with Gasteiger partial charge in [-0.1, -0.05) is 17.3 Å². The first-order chi connectivity index (χ1) is 12.8. The molecule has 8 nitrogen and oxygen atoms in total. The Morgan fingerprint density at radius 3 is 3.08 bits per heavy atom. The number of rotatable bonds is 6. The molecule has 0 bridgehead atoms. The molecule has 4 rings (SSSR count). The zero-order valence-corrected chi connectivity index (χ0v) is 14.5. The lowest BCUT2D eigenvalue weighted by molar-refractivity contribution is 0.0619. The Morgan fingerprint density at radius 2 is 2.23 bits per heavy atom. The minimum Gasteiger partial charge on any atom is -0.378 e. The SMILES string of the molecule is COCc1cn(C2COC3C(NCc4cccc(C#N)c4)COC32)nn1. The number of fused-ring (bicyclic) bond motifs is 1. The molecule has 0 amide bonds. The van der Waals surface area contributed by atoms with Gasteiger partial charge in [-0.3, -0.25) is 0 Å². The Hall–Kier alpha value is -2.31. The van der Waals surface area contributed by atoms with Crippen molar-refractivity contribution in [2.24, 2.45) is 0 Å². The van der Waals surface area contributed by atoms with Gasteiger partial charge in [0, 0.05) is 13.7 Å². The van der Waals surface area contributed by atoms with Crippen LogP contribution in [0.3, 0.4) is 0 Å². The highest BCUT2D eigenvalue weighted by molar-refractivity contribution is 5.32. The number of nitriles is 1. The van der Waals surface area contributed by atoms with Crippen molar-refractivity contribution in [1.29, 1.82) is 5.26 Å². The van der Waals surface area contributed by atoms with Crippen LogP contribution in [0.2, 0.25) is 0 Å². The van der Waals surface area contributed by atoms with E-state index >= 15 is 0 Å². The van der Waals surface area contributed by atoms with Crippen LogP contribution in [0, 0.1) is 11.3 Å². The molecule has 2 aliphatic heterocycles. The number of methoxy groups -OCH3 is 1. The maximum absolute atomic E-state index is 9.01. The summed E-state index contributed by atoms with van der Waals surface area (Å²) in [6, 6.07) is 9.90. The van der Waals surface area contributed by atoms with Gasteiger partial charge in [-0.05, 0) is 17.7 Å². The predicted molar refractivity (Wildman–Crippen MR) is 91.0 cm³/mol. The Bertz CT molecular complexity index is 802. The molecule has 1 aromatic carbocycles. The standard InChI is InChI=1S/C18H21N5O3/c1-24-9-14-8-23(22-21-14)16-11-26-17-15(10-25-18(16)17)20-7-13-4-2-3-12(5-13)6-19/h2-5,8,15-18,20H,7,9-11H2,1H3. The van der Waals surface area contributed by atoms with Crippen molar-refractivity contribution in [2.75, 3.05) is 20.3 Å². The third-order valence-electron chi connectivity index (χ3n) is 4.84. The fourth-order valence-corrected chi connectivity index (χ4v) is 3.57. The number of hydrogen-bond donors (Lipinski definition) is 1. The quantitative estimate of drug-likeness (QED) is 0.819. The van der Waals surface area contributed by atoms with Crippen LogP contribution >= 0.6 is 0 Å². The second kappa shape index (κ2) is 7.51. The summed E-state index contributed by atoms with van der Waals surface area (Å²) >= 11 is 0. The van der Waals surface area contributed by atoms with Crippen molar-refractivity contribution in [2.45, 2.75) is 37.4 Å². The highest BCUT2D eigenvalue weighted by Crippen LogP contribution is 2.34. The molecular formula is C18H21N5O3. The number of benzene rings is 1. The van der Waals surface area contributed by atoms with Crippen molar-refractivity contribution >= 4 is 0 Å². The Labute approximate surface area is 151 Å². The van der Waals surface area contributed by atoms with E-state index in [0.29, 0.717) is 31.9 Å². The normalized spacial score (nSPS) is 27.4. The van der Waals surface area contributed by atoms with Gasteiger partial charge in [-0.15, -0.1) is 5.10 Å². The van der Waals surface area contributed by atoms with Gasteiger partial charge in [0.25, 0.3) is 0 Å². The summed E-state index contributed by atoms with van der Waals surface area (Å²) in [6.45, 7) is 2.24. The third-order valence-corrected chi connectivity index (χ3v) is 4.84. The van der Waals surface area contributed by atoms with Gasteiger partial charge >= 0.3 is 0 Å². The lowest BCUT2D eigenvalue weighted by Crippen LogP contribution is -2.40. The Morgan fingerprint density at radius 1 is 1.35 bits per heavy atom. The maximum atomic E-state index is 9.01. The van der Waals surface area contributed by atoms with Crippen LogP contribution in [0.15, 0.2) is 30.5 Å². The first-order valence-corrected chi connectivity index (χ1v) is 8.64. The van der Waals surface area contributed by atoms with Gasteiger partial charge in [0.2, 0.25) is 0 Å². The molecule has 0 radical (unpaired) electrons. The number of hydrogen-bond acceptors (Lipinski definition) is 7. The van der Waals surface area contributed by atoms with Crippen LogP contribution in [-0.4, -0.2) is 53.6 Å². The molecule has 0 saturated carbocycles. The topological polar surface area (TPSA) is 94.2 Å². The first-order valence-electron chi connectivity index (χ1n) is 8.64. The first kappa shape index (κ1) is 17.1. The lowest BCUT2D eigenvalue weighted by atomic mass is 10.1. The second-order valence-electron chi connectivity index (χ2n) is 6.59. The number of aromatic nitrogens is 3. The fraction of sp³-hybridized carbons (Fsp3) is 0.500. The molecule has 2 aromatic rings. The predicted octanol–water partition coefficient (Wildman–Crippen LogP) is 0.793. The molecule has 26 heavy (non-hydrogen) atoms. The smallest absolute Gasteiger partial charge is 0.110 e. The summed E-state index contributed by atoms with van der Waals surface area (Å²) in [7, 11) is 1.64. The average Bonchev–Trinajstić information content (AvgIpc) is 3.37. The van der Waals surface area contributed by atoms with E-state index in [4.69, 9.17) is 19.5 Å². The molecule has 4 atom stereocenters. The second-order valence-corrected chi connectivity index (χ2v) is 6.59. The largest absolute Gasteiger partial charge is 0.378 e. The monoisotopic (exact) mass is 355 g/mol. The Kier molecular flexibility index (Phi) is 4.95. The zero-order valence-electron chi connectivity index (χ0n) is 14.5. The van der Waals surface area contributed by atoms with Gasteiger partial charge in [-0.2, -0.15) is 5.26 Å². The van der Waals surface area contributed by atoms with E-state index in [1.54, 1.807) is 13.2 Å². The molecule has 4 unspecified atom stereocenters. The van der Waals surface area contributed by atoms with E-state index < -0.39 is 0 Å². The van der Waals surface area contributed by atoms with E-state index in [2.05, 4.69) is 21.7 Å². The van der Waals surface area contributed by atoms with E-state index in [-0.39, 0.29) is 24.3 Å². The fourth-order valence-electron chi connectivity index (χ4n) is 3.57. The summed E-state index contributed by atoms with van der Waals surface area (Å²) in [5.74, 6) is 0. The average molecular weight is 355 g/mol. The van der Waals surface area contributed by atoms with E-state index in [0.717, 1.165) is 11.3 Å². The van der Waals surface area contributed by atoms with Crippen LogP contribution in [0.4, 0.5) is 0 Å². The molecule has 2 saturated heterocycles. The molecule has 2 aliphatic rings. The maximum Gasteiger partial charge on any atom is 0.110 e. The zero-order chi connectivity index (χ0) is 17.9. The van der Waals surface area contributed by atoms with Crippen molar-refractivity contribution in [3.05, 3.63) is 47.3 Å². The summed E-state index contributed by atoms with van der Waals surface area (Å²) in [4.78, 5) is 0. The molecule has 8 heteroatoms. The van der Waals surface area contributed by atoms with Crippen LogP contribution in [0.25, 0.3) is 0 Å². The van der Waals surface area contributed by atoms with E-state index in [9.17, 15) is 0 Å². The summed E-state index contributed by atoms with van der Waals surface area (Å²) in [5.41, 5.74) is 2.53. The molecule has 3 heterocycles. The summed E-state index contributed by atoms with van der Waals surface area (Å²) in [6.07, 6.45) is 1.82. The van der Waals surface area contributed by atoms with Gasteiger partial charge in [0.1, 0.15) is 23.9 Å². The molecule has 1 aromatic heterocycles. The van der Waals surface area contributed by atoms with Crippen LogP contribution in [0.1, 0.15) is 22.9 Å². The van der Waals surface area contributed by atoms with E-state index in [1.807, 2.05) is 29.1 Å². The lowest BCUT2D eigenvalue weighted by Gasteiger charge is -2.18. The van der Waals surface area contributed by atoms with Gasteiger partial charge in [-0.25, -0.2) is 4.68 Å². The summed E-state index contributed by atoms with van der Waals surface area (Å²) < 4.78 is 18.9. The van der Waals surface area contributed by atoms with Crippen LogP contribution < -0.4 is 5.32 Å². The van der Waals surface area contributed by atoms with Crippen molar-refractivity contribution in [3.8, 4) is 6.07 Å². The molecule has 0 spiro atoms. The number of ether oxygens (including phenoxy) is 3. The van der Waals surface area contributed by atoms with Gasteiger partial charge in [0.15, 0.2) is 0 Å². The molecule has 0 aliphatic carbocycles. The van der Waals surface area contributed by atoms with Gasteiger partial charge < -0.3 is 19.5 Å². The molecular weight excluding hydrogens is 334 g/mol.